The van der Waals surface area contributed by atoms with Crippen molar-refractivity contribution in [1.82, 2.24) is 0 Å². The summed E-state index contributed by atoms with van der Waals surface area (Å²) in [6.45, 7) is 2.18. The van der Waals surface area contributed by atoms with Crippen molar-refractivity contribution < 1.29 is 14.3 Å². The summed E-state index contributed by atoms with van der Waals surface area (Å²) in [5.41, 5.74) is 5.27. The highest BCUT2D eigenvalue weighted by Crippen LogP contribution is 2.09. The van der Waals surface area contributed by atoms with E-state index < -0.39 is 12.3 Å². The van der Waals surface area contributed by atoms with Crippen LogP contribution >= 0.6 is 0 Å². The first-order valence-corrected chi connectivity index (χ1v) is 6.06. The number of hydrogen-bond acceptors (Lipinski definition) is 4. The summed E-state index contributed by atoms with van der Waals surface area (Å²) in [6, 6.07) is 0. The molecule has 0 saturated carbocycles. The van der Waals surface area contributed by atoms with E-state index in [1.807, 2.05) is 0 Å². The molecule has 0 saturated heterocycles. The van der Waals surface area contributed by atoms with Gasteiger partial charge < -0.3 is 9.53 Å². The summed E-state index contributed by atoms with van der Waals surface area (Å²) in [4.78, 5) is 20.9. The van der Waals surface area contributed by atoms with Gasteiger partial charge in [-0.2, -0.15) is 0 Å². The van der Waals surface area contributed by atoms with Crippen molar-refractivity contribution in [2.75, 3.05) is 0 Å². The molecule has 94 valence electrons. The molecule has 0 aliphatic carbocycles. The average molecular weight is 229 g/mol. The lowest BCUT2D eigenvalue weighted by Gasteiger charge is -2.13. The molecule has 0 unspecified atom stereocenters. The molecule has 0 radical (unpaired) electrons. The fourth-order valence-electron chi connectivity index (χ4n) is 1.53. The lowest BCUT2D eigenvalue weighted by molar-refractivity contribution is -0.129. The number of carbonyl (C=O) groups excluding carboxylic acids is 2. The van der Waals surface area contributed by atoms with E-state index in [0.717, 1.165) is 19.1 Å². The number of unbranched alkanes of at least 4 members (excludes halogenated alkanes) is 5. The minimum absolute atomic E-state index is 0.498. The van der Waals surface area contributed by atoms with Gasteiger partial charge in [-0.15, -0.1) is 0 Å². The molecule has 2 atom stereocenters. The fourth-order valence-corrected chi connectivity index (χ4v) is 1.53. The summed E-state index contributed by atoms with van der Waals surface area (Å²) < 4.78 is 5.02. The number of ether oxygens (including phenoxy) is 1. The molecule has 0 aromatic carbocycles. The van der Waals surface area contributed by atoms with E-state index in [9.17, 15) is 9.59 Å². The Morgan fingerprint density at radius 3 is 2.25 bits per heavy atom. The van der Waals surface area contributed by atoms with Crippen molar-refractivity contribution in [2.24, 2.45) is 5.73 Å². The van der Waals surface area contributed by atoms with Crippen molar-refractivity contribution in [3.8, 4) is 0 Å². The van der Waals surface area contributed by atoms with Crippen LogP contribution < -0.4 is 5.73 Å². The summed E-state index contributed by atoms with van der Waals surface area (Å²) in [7, 11) is 0. The summed E-state index contributed by atoms with van der Waals surface area (Å²) >= 11 is 0. The molecule has 0 aliphatic rings. The van der Waals surface area contributed by atoms with Crippen molar-refractivity contribution in [3.63, 3.8) is 0 Å². The lowest BCUT2D eigenvalue weighted by Crippen LogP contribution is -2.31. The van der Waals surface area contributed by atoms with Crippen molar-refractivity contribution in [3.05, 3.63) is 0 Å². The Morgan fingerprint density at radius 2 is 1.69 bits per heavy atom. The molecule has 0 fully saturated rings. The van der Waals surface area contributed by atoms with Crippen LogP contribution in [0.2, 0.25) is 0 Å². The zero-order valence-corrected chi connectivity index (χ0v) is 10.1. The van der Waals surface area contributed by atoms with Crippen LogP contribution in [0.1, 0.15) is 51.9 Å². The summed E-state index contributed by atoms with van der Waals surface area (Å²) in [5, 5.41) is 0. The second kappa shape index (κ2) is 10.8. The van der Waals surface area contributed by atoms with E-state index in [-0.39, 0.29) is 0 Å². The van der Waals surface area contributed by atoms with Gasteiger partial charge in [0.15, 0.2) is 12.5 Å². The average Bonchev–Trinajstić information content (AvgIpc) is 2.31. The van der Waals surface area contributed by atoms with Gasteiger partial charge in [-0.25, -0.2) is 0 Å². The van der Waals surface area contributed by atoms with Crippen LogP contribution in [0.5, 0.6) is 0 Å². The number of nitrogens with two attached hydrogens (primary N) is 1. The van der Waals surface area contributed by atoms with Gasteiger partial charge in [-0.05, 0) is 6.42 Å². The zero-order chi connectivity index (χ0) is 12.2. The molecule has 0 heterocycles. The standard InChI is InChI=1S/C12H23NO3/c1-2-3-4-5-6-7-8-11(9-14)16-12(13)10-15/h9-12H,2-8,13H2,1H3/t11-,12-/m1/s1. The van der Waals surface area contributed by atoms with E-state index in [4.69, 9.17) is 10.5 Å². The first-order chi connectivity index (χ1) is 7.74. The topological polar surface area (TPSA) is 69.4 Å². The SMILES string of the molecule is CCCCCCCC[C@H](C=O)O[C@@H](N)C=O. The number of hydrogen-bond donors (Lipinski definition) is 1. The van der Waals surface area contributed by atoms with Crippen molar-refractivity contribution in [1.29, 1.82) is 0 Å². The van der Waals surface area contributed by atoms with Gasteiger partial charge in [-0.1, -0.05) is 45.4 Å². The van der Waals surface area contributed by atoms with E-state index in [2.05, 4.69) is 6.92 Å². The maximum absolute atomic E-state index is 10.6. The van der Waals surface area contributed by atoms with Crippen LogP contribution in [0.15, 0.2) is 0 Å². The lowest BCUT2D eigenvalue weighted by atomic mass is 10.1. The van der Waals surface area contributed by atoms with Gasteiger partial charge in [0.1, 0.15) is 12.4 Å². The number of aldehydes is 2. The molecule has 4 heteroatoms. The van der Waals surface area contributed by atoms with Gasteiger partial charge >= 0.3 is 0 Å². The van der Waals surface area contributed by atoms with Crippen molar-refractivity contribution in [2.45, 2.75) is 64.2 Å². The van der Waals surface area contributed by atoms with Gasteiger partial charge in [0.25, 0.3) is 0 Å². The highest BCUT2D eigenvalue weighted by molar-refractivity contribution is 5.58. The van der Waals surface area contributed by atoms with Crippen LogP contribution in [0.25, 0.3) is 0 Å². The molecular formula is C12H23NO3. The highest BCUT2D eigenvalue weighted by Gasteiger charge is 2.11. The maximum atomic E-state index is 10.6. The van der Waals surface area contributed by atoms with Crippen LogP contribution in [-0.2, 0) is 14.3 Å². The Balaban J connectivity index is 3.47. The zero-order valence-electron chi connectivity index (χ0n) is 10.1. The third-order valence-corrected chi connectivity index (χ3v) is 2.46. The minimum Gasteiger partial charge on any atom is -0.346 e. The Labute approximate surface area is 97.5 Å². The predicted octanol–water partition coefficient (Wildman–Crippen LogP) is 1.80. The van der Waals surface area contributed by atoms with E-state index in [1.54, 1.807) is 0 Å². The molecule has 2 N–H and O–H groups in total. The number of rotatable bonds is 11. The molecule has 0 aromatic heterocycles. The van der Waals surface area contributed by atoms with Gasteiger partial charge in [0.2, 0.25) is 0 Å². The number of carbonyl (C=O) groups is 2. The van der Waals surface area contributed by atoms with Crippen LogP contribution in [0.4, 0.5) is 0 Å². The first-order valence-electron chi connectivity index (χ1n) is 6.06. The molecule has 0 aromatic rings. The predicted molar refractivity (Wildman–Crippen MR) is 63.0 cm³/mol. The second-order valence-electron chi connectivity index (χ2n) is 3.97. The molecular weight excluding hydrogens is 206 g/mol. The Hall–Kier alpha value is -0.740. The molecule has 16 heavy (non-hydrogen) atoms. The van der Waals surface area contributed by atoms with Gasteiger partial charge in [-0.3, -0.25) is 10.5 Å². The van der Waals surface area contributed by atoms with E-state index in [0.29, 0.717) is 12.7 Å². The Morgan fingerprint density at radius 1 is 1.06 bits per heavy atom. The second-order valence-corrected chi connectivity index (χ2v) is 3.97. The molecule has 0 bridgehead atoms. The normalized spacial score (nSPS) is 14.4. The quantitative estimate of drug-likeness (QED) is 0.333. The fraction of sp³-hybridized carbons (Fsp3) is 0.833. The maximum Gasteiger partial charge on any atom is 0.163 e. The van der Waals surface area contributed by atoms with Crippen LogP contribution in [0, 0.1) is 0 Å². The van der Waals surface area contributed by atoms with E-state index in [1.165, 1.54) is 25.7 Å². The first kappa shape index (κ1) is 15.3. The monoisotopic (exact) mass is 229 g/mol. The third-order valence-electron chi connectivity index (χ3n) is 2.46. The third kappa shape index (κ3) is 8.56. The minimum atomic E-state index is -0.977. The molecule has 4 nitrogen and oxygen atoms in total. The Kier molecular flexibility index (Phi) is 10.3. The Bertz CT molecular complexity index is 185. The molecule has 0 amide bonds. The molecule has 0 rings (SSSR count). The summed E-state index contributed by atoms with van der Waals surface area (Å²) in [5.74, 6) is 0. The highest BCUT2D eigenvalue weighted by atomic mass is 16.5. The van der Waals surface area contributed by atoms with Crippen LogP contribution in [0.3, 0.4) is 0 Å². The van der Waals surface area contributed by atoms with Gasteiger partial charge in [0.05, 0.1) is 0 Å². The smallest absolute Gasteiger partial charge is 0.163 e. The van der Waals surface area contributed by atoms with Gasteiger partial charge in [0, 0.05) is 0 Å². The molecule has 0 spiro atoms. The van der Waals surface area contributed by atoms with E-state index >= 15 is 0 Å². The van der Waals surface area contributed by atoms with Crippen LogP contribution in [-0.4, -0.2) is 24.9 Å². The largest absolute Gasteiger partial charge is 0.346 e. The van der Waals surface area contributed by atoms with Crippen molar-refractivity contribution >= 4 is 12.6 Å². The summed E-state index contributed by atoms with van der Waals surface area (Å²) in [6.07, 6.45) is 7.34. The molecule has 0 aliphatic heterocycles.